The maximum Gasteiger partial charge on any atom is 0.274 e. The Morgan fingerprint density at radius 1 is 1.35 bits per heavy atom. The summed E-state index contributed by atoms with van der Waals surface area (Å²) >= 11 is 0. The summed E-state index contributed by atoms with van der Waals surface area (Å²) in [7, 11) is 0. The minimum atomic E-state index is 0.0307. The first kappa shape index (κ1) is 14.9. The van der Waals surface area contributed by atoms with Crippen molar-refractivity contribution in [2.45, 2.75) is 53.5 Å². The molecule has 1 aliphatic heterocycles. The maximum atomic E-state index is 12.7. The van der Waals surface area contributed by atoms with Crippen LogP contribution in [-0.2, 0) is 6.54 Å². The molecule has 5 heteroatoms. The molecule has 112 valence electrons. The van der Waals surface area contributed by atoms with Gasteiger partial charge in [-0.3, -0.25) is 9.48 Å². The molecule has 5 nitrogen and oxygen atoms in total. The van der Waals surface area contributed by atoms with Crippen LogP contribution in [0.5, 0.6) is 0 Å². The third kappa shape index (κ3) is 2.53. The Hall–Kier alpha value is -1.52. The van der Waals surface area contributed by atoms with Gasteiger partial charge in [0, 0.05) is 19.6 Å². The van der Waals surface area contributed by atoms with Crippen LogP contribution >= 0.6 is 0 Å². The summed E-state index contributed by atoms with van der Waals surface area (Å²) in [6.45, 7) is 10.7. The fraction of sp³-hybridized carbons (Fsp3) is 0.733. The second-order valence-corrected chi connectivity index (χ2v) is 6.12. The van der Waals surface area contributed by atoms with E-state index in [9.17, 15) is 4.79 Å². The Morgan fingerprint density at radius 3 is 2.45 bits per heavy atom. The molecule has 1 saturated heterocycles. The van der Waals surface area contributed by atoms with Crippen molar-refractivity contribution >= 4 is 11.6 Å². The summed E-state index contributed by atoms with van der Waals surface area (Å²) in [6.07, 6.45) is 3.30. The molecular weight excluding hydrogens is 252 g/mol. The van der Waals surface area contributed by atoms with Gasteiger partial charge in [0.2, 0.25) is 0 Å². The zero-order valence-electron chi connectivity index (χ0n) is 13.1. The molecule has 1 aromatic heterocycles. The molecule has 1 aliphatic rings. The summed E-state index contributed by atoms with van der Waals surface area (Å²) in [6, 6.07) is 0. The number of anilines is 1. The molecule has 0 saturated carbocycles. The normalized spacial score (nSPS) is 18.3. The quantitative estimate of drug-likeness (QED) is 0.923. The van der Waals surface area contributed by atoms with Gasteiger partial charge in [-0.25, -0.2) is 0 Å². The van der Waals surface area contributed by atoms with Gasteiger partial charge in [-0.2, -0.15) is 5.10 Å². The van der Waals surface area contributed by atoms with Crippen molar-refractivity contribution in [3.8, 4) is 0 Å². The van der Waals surface area contributed by atoms with E-state index in [0.29, 0.717) is 23.3 Å². The Balaban J connectivity index is 2.17. The second-order valence-electron chi connectivity index (χ2n) is 6.12. The number of hydrogen-bond acceptors (Lipinski definition) is 3. The molecule has 0 bridgehead atoms. The first-order valence-corrected chi connectivity index (χ1v) is 7.54. The Bertz CT molecular complexity index is 498. The van der Waals surface area contributed by atoms with Crippen molar-refractivity contribution in [2.24, 2.45) is 5.41 Å². The van der Waals surface area contributed by atoms with Gasteiger partial charge in [0.05, 0.1) is 11.4 Å². The monoisotopic (exact) mass is 278 g/mol. The lowest BCUT2D eigenvalue weighted by Gasteiger charge is -2.38. The molecule has 0 radical (unpaired) electrons. The predicted octanol–water partition coefficient (Wildman–Crippen LogP) is 2.45. The number of rotatable bonds is 3. The lowest BCUT2D eigenvalue weighted by atomic mass is 9.78. The number of aromatic nitrogens is 2. The molecule has 2 N–H and O–H groups in total. The highest BCUT2D eigenvalue weighted by Gasteiger charge is 2.32. The van der Waals surface area contributed by atoms with Crippen molar-refractivity contribution < 1.29 is 4.79 Å². The molecule has 2 rings (SSSR count). The van der Waals surface area contributed by atoms with Crippen LogP contribution in [0.4, 0.5) is 5.69 Å². The van der Waals surface area contributed by atoms with Crippen LogP contribution in [0.3, 0.4) is 0 Å². The van der Waals surface area contributed by atoms with E-state index in [0.717, 1.165) is 31.6 Å². The molecule has 0 atom stereocenters. The maximum absolute atomic E-state index is 12.7. The standard InChI is InChI=1S/C15H26N4O/c1-5-15(4)7-9-18(10-8-15)14(20)13-12(16)11(3)17-19(13)6-2/h5-10,16H2,1-4H3. The molecule has 0 unspecified atom stereocenters. The van der Waals surface area contributed by atoms with Crippen LogP contribution in [0.25, 0.3) is 0 Å². The number of nitrogen functional groups attached to an aromatic ring is 1. The predicted molar refractivity (Wildman–Crippen MR) is 80.6 cm³/mol. The number of likely N-dealkylation sites (tertiary alicyclic amines) is 1. The van der Waals surface area contributed by atoms with Crippen molar-refractivity contribution in [3.63, 3.8) is 0 Å². The van der Waals surface area contributed by atoms with Crippen LogP contribution < -0.4 is 5.73 Å². The van der Waals surface area contributed by atoms with Gasteiger partial charge >= 0.3 is 0 Å². The van der Waals surface area contributed by atoms with Crippen molar-refractivity contribution in [2.75, 3.05) is 18.8 Å². The Labute approximate surface area is 121 Å². The highest BCUT2D eigenvalue weighted by atomic mass is 16.2. The molecule has 1 aromatic rings. The molecule has 2 heterocycles. The topological polar surface area (TPSA) is 64.2 Å². The first-order chi connectivity index (χ1) is 9.41. The van der Waals surface area contributed by atoms with Crippen molar-refractivity contribution in [3.05, 3.63) is 11.4 Å². The van der Waals surface area contributed by atoms with Gasteiger partial charge in [0.15, 0.2) is 0 Å². The number of carbonyl (C=O) groups is 1. The van der Waals surface area contributed by atoms with Gasteiger partial charge in [0.1, 0.15) is 5.69 Å². The third-order valence-electron chi connectivity index (χ3n) is 4.79. The average molecular weight is 278 g/mol. The van der Waals surface area contributed by atoms with Gasteiger partial charge < -0.3 is 10.6 Å². The molecular formula is C15H26N4O. The van der Waals surface area contributed by atoms with Crippen LogP contribution in [0, 0.1) is 12.3 Å². The van der Waals surface area contributed by atoms with Crippen molar-refractivity contribution in [1.29, 1.82) is 0 Å². The average Bonchev–Trinajstić information content (AvgIpc) is 2.74. The number of nitrogens with zero attached hydrogens (tertiary/aromatic N) is 3. The lowest BCUT2D eigenvalue weighted by Crippen LogP contribution is -2.42. The number of hydrogen-bond donors (Lipinski definition) is 1. The van der Waals surface area contributed by atoms with Crippen LogP contribution in [0.2, 0.25) is 0 Å². The van der Waals surface area contributed by atoms with Gasteiger partial charge in [-0.05, 0) is 32.1 Å². The number of aryl methyl sites for hydroxylation is 2. The summed E-state index contributed by atoms with van der Waals surface area (Å²) in [4.78, 5) is 14.6. The zero-order chi connectivity index (χ0) is 14.9. The Kier molecular flexibility index (Phi) is 4.06. The van der Waals surface area contributed by atoms with Gasteiger partial charge in [-0.1, -0.05) is 20.3 Å². The number of amides is 1. The summed E-state index contributed by atoms with van der Waals surface area (Å²) in [5.41, 5.74) is 8.24. The highest BCUT2D eigenvalue weighted by molar-refractivity contribution is 5.98. The zero-order valence-corrected chi connectivity index (χ0v) is 13.1. The van der Waals surface area contributed by atoms with E-state index >= 15 is 0 Å². The van der Waals surface area contributed by atoms with Gasteiger partial charge in [0.25, 0.3) is 5.91 Å². The SMILES string of the molecule is CCn1nc(C)c(N)c1C(=O)N1CCC(C)(CC)CC1. The highest BCUT2D eigenvalue weighted by Crippen LogP contribution is 2.34. The Morgan fingerprint density at radius 2 is 1.95 bits per heavy atom. The van der Waals surface area contributed by atoms with E-state index in [2.05, 4.69) is 18.9 Å². The fourth-order valence-corrected chi connectivity index (χ4v) is 2.80. The minimum Gasteiger partial charge on any atom is -0.395 e. The number of carbonyl (C=O) groups excluding carboxylic acids is 1. The van der Waals surface area contributed by atoms with E-state index in [-0.39, 0.29) is 5.91 Å². The van der Waals surface area contributed by atoms with E-state index < -0.39 is 0 Å². The second kappa shape index (κ2) is 5.46. The lowest BCUT2D eigenvalue weighted by molar-refractivity contribution is 0.0589. The van der Waals surface area contributed by atoms with E-state index in [1.807, 2.05) is 18.7 Å². The largest absolute Gasteiger partial charge is 0.395 e. The smallest absolute Gasteiger partial charge is 0.274 e. The third-order valence-corrected chi connectivity index (χ3v) is 4.79. The van der Waals surface area contributed by atoms with Crippen LogP contribution in [0.1, 0.15) is 56.2 Å². The van der Waals surface area contributed by atoms with Crippen molar-refractivity contribution in [1.82, 2.24) is 14.7 Å². The summed E-state index contributed by atoms with van der Waals surface area (Å²) in [5.74, 6) is 0.0307. The molecule has 0 aliphatic carbocycles. The van der Waals surface area contributed by atoms with Gasteiger partial charge in [-0.15, -0.1) is 0 Å². The molecule has 0 spiro atoms. The molecule has 20 heavy (non-hydrogen) atoms. The van der Waals surface area contributed by atoms with E-state index in [1.165, 1.54) is 6.42 Å². The van der Waals surface area contributed by atoms with Crippen LogP contribution in [0.15, 0.2) is 0 Å². The first-order valence-electron chi connectivity index (χ1n) is 7.54. The summed E-state index contributed by atoms with van der Waals surface area (Å²) < 4.78 is 1.72. The fourth-order valence-electron chi connectivity index (χ4n) is 2.80. The van der Waals surface area contributed by atoms with Crippen LogP contribution in [-0.4, -0.2) is 33.7 Å². The summed E-state index contributed by atoms with van der Waals surface area (Å²) in [5, 5.41) is 4.33. The van der Waals surface area contributed by atoms with E-state index in [1.54, 1.807) is 4.68 Å². The molecule has 1 fully saturated rings. The van der Waals surface area contributed by atoms with E-state index in [4.69, 9.17) is 5.73 Å². The number of piperidine rings is 1. The molecule has 0 aromatic carbocycles. The number of nitrogens with two attached hydrogens (primary N) is 1. The minimum absolute atomic E-state index is 0.0307. The molecule has 1 amide bonds.